The predicted octanol–water partition coefficient (Wildman–Crippen LogP) is 3.93. The van der Waals surface area contributed by atoms with E-state index in [9.17, 15) is 14.7 Å². The van der Waals surface area contributed by atoms with E-state index in [0.29, 0.717) is 28.8 Å². The van der Waals surface area contributed by atoms with Crippen LogP contribution in [0.5, 0.6) is 0 Å². The molecule has 2 aliphatic carbocycles. The van der Waals surface area contributed by atoms with Crippen molar-refractivity contribution in [3.8, 4) is 0 Å². The summed E-state index contributed by atoms with van der Waals surface area (Å²) in [5.74, 6) is -0.973. The van der Waals surface area contributed by atoms with Crippen LogP contribution < -0.4 is 15.4 Å². The number of rotatable bonds is 6. The largest absolute Gasteiger partial charge is 0.550 e. The Bertz CT molecular complexity index is 1090. The average molecular weight is 518 g/mol. The molecular weight excluding hydrogens is 474 g/mol. The van der Waals surface area contributed by atoms with Crippen LogP contribution >= 0.6 is 0 Å². The molecular formula is C32H43N3O3. The Morgan fingerprint density at radius 3 is 2.08 bits per heavy atom. The van der Waals surface area contributed by atoms with E-state index in [0.717, 1.165) is 11.7 Å². The van der Waals surface area contributed by atoms with E-state index in [1.165, 1.54) is 64.2 Å². The third-order valence-electron chi connectivity index (χ3n) is 7.27. The van der Waals surface area contributed by atoms with E-state index < -0.39 is 11.9 Å². The molecule has 2 N–H and O–H groups in total. The van der Waals surface area contributed by atoms with Crippen molar-refractivity contribution in [3.05, 3.63) is 71.3 Å². The minimum absolute atomic E-state index is 0.118. The van der Waals surface area contributed by atoms with Gasteiger partial charge in [-0.3, -0.25) is 15.1 Å². The van der Waals surface area contributed by atoms with Crippen LogP contribution in [0.15, 0.2) is 59.6 Å². The van der Waals surface area contributed by atoms with Gasteiger partial charge in [-0.2, -0.15) is 0 Å². The molecule has 2 aromatic rings. The van der Waals surface area contributed by atoms with E-state index in [1.54, 1.807) is 55.5 Å². The summed E-state index contributed by atoms with van der Waals surface area (Å²) in [6, 6.07) is 16.8. The summed E-state index contributed by atoms with van der Waals surface area (Å²) >= 11 is 0. The third kappa shape index (κ3) is 9.55. The normalized spacial score (nSPS) is 17.5. The fourth-order valence-corrected chi connectivity index (χ4v) is 5.05. The smallest absolute Gasteiger partial charge is 0.384 e. The molecule has 0 aromatic heterocycles. The van der Waals surface area contributed by atoms with Crippen LogP contribution in [0.3, 0.4) is 0 Å². The fourth-order valence-electron chi connectivity index (χ4n) is 5.05. The molecule has 2 fully saturated rings. The number of ketones is 1. The van der Waals surface area contributed by atoms with Crippen molar-refractivity contribution in [3.63, 3.8) is 0 Å². The summed E-state index contributed by atoms with van der Waals surface area (Å²) in [5, 5.41) is 14.5. The van der Waals surface area contributed by atoms with E-state index in [4.69, 9.17) is 0 Å². The second-order valence-electron chi connectivity index (χ2n) is 10.7. The molecule has 4 rings (SSSR count). The molecule has 0 spiro atoms. The number of nitrogens with one attached hydrogen (secondary N) is 2. The van der Waals surface area contributed by atoms with E-state index >= 15 is 0 Å². The first-order valence-electron chi connectivity index (χ1n) is 14.2. The Morgan fingerprint density at radius 1 is 0.868 bits per heavy atom. The zero-order valence-electron chi connectivity index (χ0n) is 23.2. The van der Waals surface area contributed by atoms with E-state index in [-0.39, 0.29) is 5.78 Å². The molecule has 6 heteroatoms. The van der Waals surface area contributed by atoms with Crippen molar-refractivity contribution in [2.75, 3.05) is 0 Å². The first-order chi connectivity index (χ1) is 18.3. The minimum atomic E-state index is -1.15. The lowest BCUT2D eigenvalue weighted by atomic mass is 9.95. The number of carboxylic acids is 1. The quantitative estimate of drug-likeness (QED) is 0.345. The van der Waals surface area contributed by atoms with Crippen LogP contribution in [0.2, 0.25) is 0 Å². The lowest BCUT2D eigenvalue weighted by molar-refractivity contribution is -0.510. The lowest BCUT2D eigenvalue weighted by Gasteiger charge is -2.21. The van der Waals surface area contributed by atoms with Crippen molar-refractivity contribution in [1.29, 1.82) is 0 Å². The molecule has 204 valence electrons. The maximum atomic E-state index is 12.2. The Balaban J connectivity index is 0.000000211. The summed E-state index contributed by atoms with van der Waals surface area (Å²) in [6.45, 7) is 5.69. The summed E-state index contributed by atoms with van der Waals surface area (Å²) in [6.07, 6.45) is 13.5. The first-order valence-corrected chi connectivity index (χ1v) is 14.2. The highest BCUT2D eigenvalue weighted by atomic mass is 16.4. The van der Waals surface area contributed by atoms with Gasteiger partial charge >= 0.3 is 5.96 Å². The molecule has 1 unspecified atom stereocenters. The Kier molecular flexibility index (Phi) is 11.7. The molecule has 0 radical (unpaired) electrons. The molecule has 1 atom stereocenters. The van der Waals surface area contributed by atoms with Crippen LogP contribution in [0.25, 0.3) is 0 Å². The van der Waals surface area contributed by atoms with E-state index in [2.05, 4.69) is 29.1 Å². The highest BCUT2D eigenvalue weighted by molar-refractivity contribution is 6.09. The summed E-state index contributed by atoms with van der Waals surface area (Å²) in [4.78, 5) is 31.4. The van der Waals surface area contributed by atoms with Crippen LogP contribution in [0.1, 0.15) is 112 Å². The number of carbonyl (C=O) groups is 2. The van der Waals surface area contributed by atoms with Crippen LogP contribution in [-0.4, -0.2) is 35.5 Å². The Morgan fingerprint density at radius 2 is 1.47 bits per heavy atom. The lowest BCUT2D eigenvalue weighted by Crippen LogP contribution is -2.82. The van der Waals surface area contributed by atoms with Gasteiger partial charge in [0.05, 0.1) is 17.8 Å². The maximum Gasteiger partial charge on any atom is 0.384 e. The number of hydrogen-bond acceptors (Lipinski definition) is 3. The number of aliphatic imine (C=N–C) groups is 1. The van der Waals surface area contributed by atoms with Crippen molar-refractivity contribution in [2.45, 2.75) is 103 Å². The number of carbonyl (C=O) groups excluding carboxylic acids is 2. The predicted molar refractivity (Wildman–Crippen MR) is 151 cm³/mol. The van der Waals surface area contributed by atoms with Gasteiger partial charge in [0.1, 0.15) is 0 Å². The van der Waals surface area contributed by atoms with Crippen molar-refractivity contribution in [2.24, 2.45) is 4.99 Å². The number of guanidine groups is 1. The molecule has 0 heterocycles. The zero-order chi connectivity index (χ0) is 27.3. The van der Waals surface area contributed by atoms with Gasteiger partial charge in [0.2, 0.25) is 0 Å². The Hall–Kier alpha value is -3.28. The van der Waals surface area contributed by atoms with Crippen molar-refractivity contribution < 1.29 is 19.7 Å². The zero-order valence-corrected chi connectivity index (χ0v) is 23.2. The van der Waals surface area contributed by atoms with Crippen LogP contribution in [0, 0.1) is 0 Å². The van der Waals surface area contributed by atoms with Gasteiger partial charge in [0.15, 0.2) is 5.78 Å². The number of aliphatic carboxylic acids is 1. The number of hydrogen-bond donors (Lipinski definition) is 2. The summed E-state index contributed by atoms with van der Waals surface area (Å²) < 4.78 is 0. The molecule has 0 saturated heterocycles. The van der Waals surface area contributed by atoms with E-state index in [1.807, 2.05) is 6.07 Å². The van der Waals surface area contributed by atoms with Gasteiger partial charge in [-0.15, -0.1) is 0 Å². The highest BCUT2D eigenvalue weighted by Gasteiger charge is 2.21. The molecule has 0 bridgehead atoms. The van der Waals surface area contributed by atoms with Crippen molar-refractivity contribution in [1.82, 2.24) is 5.32 Å². The molecule has 0 aliphatic heterocycles. The third-order valence-corrected chi connectivity index (χ3v) is 7.27. The second-order valence-corrected chi connectivity index (χ2v) is 10.7. The van der Waals surface area contributed by atoms with Crippen molar-refractivity contribution >= 4 is 23.4 Å². The molecule has 0 amide bonds. The van der Waals surface area contributed by atoms with Crippen LogP contribution in [-0.2, 0) is 4.79 Å². The fraction of sp³-hybridized carbons (Fsp3) is 0.500. The Labute approximate surface area is 227 Å². The maximum absolute atomic E-state index is 12.2. The molecule has 2 saturated carbocycles. The monoisotopic (exact) mass is 517 g/mol. The summed E-state index contributed by atoms with van der Waals surface area (Å²) in [7, 11) is 0. The minimum Gasteiger partial charge on any atom is -0.550 e. The molecule has 2 aliphatic rings. The van der Waals surface area contributed by atoms with Gasteiger partial charge in [-0.25, -0.2) is 0 Å². The second kappa shape index (κ2) is 15.2. The molecule has 6 nitrogen and oxygen atoms in total. The number of benzene rings is 2. The molecule has 2 aromatic carbocycles. The van der Waals surface area contributed by atoms with Crippen LogP contribution in [0.4, 0.5) is 0 Å². The average Bonchev–Trinajstić information content (AvgIpc) is 2.94. The standard InChI is InChI=1S/C16H29N3.C16H14O3/c1-13(2)17-16(18-14-9-5-3-6-10-14)19-15-11-7-4-8-12-15;1-11(16(18)19)13-8-5-9-14(10-13)15(17)12-6-3-2-4-7-12/h14-15H,3-12H2,1-2H3,(H,18,19);2-11H,1H3,(H,18,19). The number of carboxylic acid groups (broad SMARTS) is 1. The van der Waals surface area contributed by atoms with Gasteiger partial charge < -0.3 is 9.90 Å². The first kappa shape index (κ1) is 29.3. The topological polar surface area (TPSA) is 95.6 Å². The van der Waals surface area contributed by atoms with Gasteiger partial charge in [-0.1, -0.05) is 99.0 Å². The SMILES string of the molecule is CC(C(=O)[O-])c1cccc(C(=O)c2ccccc2)c1.CC(C)=NC(NC1CCCCC1)=[NH+]C1CCCCC1. The van der Waals surface area contributed by atoms with Gasteiger partial charge in [-0.05, 0) is 51.2 Å². The van der Waals surface area contributed by atoms with Gasteiger partial charge in [0.25, 0.3) is 0 Å². The number of nitrogens with zero attached hydrogens (tertiary/aromatic N) is 1. The highest BCUT2D eigenvalue weighted by Crippen LogP contribution is 2.19. The summed E-state index contributed by atoms with van der Waals surface area (Å²) in [5.41, 5.74) is 2.76. The van der Waals surface area contributed by atoms with Gasteiger partial charge in [0, 0.05) is 23.0 Å². The molecule has 38 heavy (non-hydrogen) atoms.